The van der Waals surface area contributed by atoms with Gasteiger partial charge in [-0.2, -0.15) is 0 Å². The summed E-state index contributed by atoms with van der Waals surface area (Å²) in [6.45, 7) is 7.52. The second-order valence-electron chi connectivity index (χ2n) is 4.85. The summed E-state index contributed by atoms with van der Waals surface area (Å²) in [5.41, 5.74) is 8.15. The van der Waals surface area contributed by atoms with Gasteiger partial charge in [0, 0.05) is 23.4 Å². The van der Waals surface area contributed by atoms with Gasteiger partial charge in [-0.05, 0) is 33.1 Å². The lowest BCUT2D eigenvalue weighted by atomic mass is 9.91. The molecule has 2 atom stereocenters. The van der Waals surface area contributed by atoms with E-state index in [9.17, 15) is 10.1 Å². The van der Waals surface area contributed by atoms with E-state index in [-0.39, 0.29) is 16.7 Å². The molecular formula is C13H21N3O2. The summed E-state index contributed by atoms with van der Waals surface area (Å²) in [4.78, 5) is 15.0. The molecule has 0 aliphatic carbocycles. The second kappa shape index (κ2) is 5.91. The first-order valence-corrected chi connectivity index (χ1v) is 6.23. The third-order valence-electron chi connectivity index (χ3n) is 3.48. The standard InChI is InChI=1S/C13H21N3O2/c1-5-11(10(4)14)6-12-9(3)13(16(17)18)8(2)7-15-12/h7,10-11H,5-6,14H2,1-4H3. The van der Waals surface area contributed by atoms with Crippen molar-refractivity contribution in [3.8, 4) is 0 Å². The monoisotopic (exact) mass is 251 g/mol. The summed E-state index contributed by atoms with van der Waals surface area (Å²) < 4.78 is 0. The Bertz CT molecular complexity index is 444. The van der Waals surface area contributed by atoms with Crippen molar-refractivity contribution >= 4 is 5.69 Å². The molecule has 18 heavy (non-hydrogen) atoms. The van der Waals surface area contributed by atoms with Gasteiger partial charge in [0.1, 0.15) is 0 Å². The summed E-state index contributed by atoms with van der Waals surface area (Å²) in [6.07, 6.45) is 3.22. The Labute approximate surface area is 108 Å². The van der Waals surface area contributed by atoms with Crippen molar-refractivity contribution in [2.75, 3.05) is 0 Å². The number of pyridine rings is 1. The van der Waals surface area contributed by atoms with Crippen LogP contribution in [-0.4, -0.2) is 15.9 Å². The highest BCUT2D eigenvalue weighted by Gasteiger charge is 2.21. The van der Waals surface area contributed by atoms with E-state index in [0.717, 1.165) is 12.1 Å². The smallest absolute Gasteiger partial charge is 0.278 e. The van der Waals surface area contributed by atoms with Gasteiger partial charge in [0.15, 0.2) is 0 Å². The largest absolute Gasteiger partial charge is 0.328 e. The lowest BCUT2D eigenvalue weighted by molar-refractivity contribution is -0.386. The first kappa shape index (κ1) is 14.6. The molecule has 100 valence electrons. The molecule has 1 heterocycles. The molecule has 1 aromatic rings. The average Bonchev–Trinajstić information content (AvgIpc) is 2.27. The van der Waals surface area contributed by atoms with Gasteiger partial charge in [0.05, 0.1) is 10.6 Å². The molecule has 0 amide bonds. The van der Waals surface area contributed by atoms with Crippen molar-refractivity contribution in [3.63, 3.8) is 0 Å². The Morgan fingerprint density at radius 3 is 2.56 bits per heavy atom. The Hall–Kier alpha value is -1.49. The molecule has 5 heteroatoms. The maximum atomic E-state index is 11.0. The van der Waals surface area contributed by atoms with Crippen molar-refractivity contribution in [2.45, 2.75) is 46.6 Å². The summed E-state index contributed by atoms with van der Waals surface area (Å²) >= 11 is 0. The summed E-state index contributed by atoms with van der Waals surface area (Å²) in [5.74, 6) is 0.304. The molecule has 0 fully saturated rings. The Kier molecular flexibility index (Phi) is 4.78. The second-order valence-corrected chi connectivity index (χ2v) is 4.85. The fourth-order valence-electron chi connectivity index (χ4n) is 2.20. The Balaban J connectivity index is 3.11. The topological polar surface area (TPSA) is 82.0 Å². The normalized spacial score (nSPS) is 14.3. The van der Waals surface area contributed by atoms with Crippen LogP contribution < -0.4 is 5.73 Å². The van der Waals surface area contributed by atoms with Crippen LogP contribution in [0.2, 0.25) is 0 Å². The fraction of sp³-hybridized carbons (Fsp3) is 0.615. The van der Waals surface area contributed by atoms with E-state index in [4.69, 9.17) is 5.73 Å². The molecule has 0 aliphatic rings. The molecule has 1 aromatic heterocycles. The number of aromatic nitrogens is 1. The molecule has 2 N–H and O–H groups in total. The van der Waals surface area contributed by atoms with Crippen LogP contribution in [0.25, 0.3) is 0 Å². The zero-order valence-corrected chi connectivity index (χ0v) is 11.4. The first-order valence-electron chi connectivity index (χ1n) is 6.23. The van der Waals surface area contributed by atoms with Gasteiger partial charge in [-0.15, -0.1) is 0 Å². The van der Waals surface area contributed by atoms with Crippen LogP contribution in [0, 0.1) is 29.9 Å². The van der Waals surface area contributed by atoms with E-state index >= 15 is 0 Å². The molecule has 2 unspecified atom stereocenters. The van der Waals surface area contributed by atoms with Crippen molar-refractivity contribution in [3.05, 3.63) is 33.1 Å². The van der Waals surface area contributed by atoms with E-state index in [0.29, 0.717) is 23.5 Å². The fourth-order valence-corrected chi connectivity index (χ4v) is 2.20. The lowest BCUT2D eigenvalue weighted by Crippen LogP contribution is -2.28. The number of nitro groups is 1. The van der Waals surface area contributed by atoms with Gasteiger partial charge >= 0.3 is 0 Å². The summed E-state index contributed by atoms with van der Waals surface area (Å²) in [6, 6.07) is 0.0663. The molecule has 0 saturated carbocycles. The van der Waals surface area contributed by atoms with Crippen molar-refractivity contribution in [2.24, 2.45) is 11.7 Å². The van der Waals surface area contributed by atoms with Crippen LogP contribution in [0.4, 0.5) is 5.69 Å². The highest BCUT2D eigenvalue weighted by Crippen LogP contribution is 2.26. The van der Waals surface area contributed by atoms with Crippen LogP contribution in [0.15, 0.2) is 6.20 Å². The number of nitrogens with two attached hydrogens (primary N) is 1. The lowest BCUT2D eigenvalue weighted by Gasteiger charge is -2.19. The van der Waals surface area contributed by atoms with Gasteiger partial charge in [0.25, 0.3) is 5.69 Å². The minimum absolute atomic E-state index is 0.0663. The van der Waals surface area contributed by atoms with Gasteiger partial charge in [-0.3, -0.25) is 15.1 Å². The van der Waals surface area contributed by atoms with Crippen LogP contribution in [0.3, 0.4) is 0 Å². The third-order valence-corrected chi connectivity index (χ3v) is 3.48. The maximum Gasteiger partial charge on any atom is 0.278 e. The van der Waals surface area contributed by atoms with Crippen LogP contribution >= 0.6 is 0 Å². The van der Waals surface area contributed by atoms with E-state index < -0.39 is 0 Å². The number of hydrogen-bond acceptors (Lipinski definition) is 4. The molecule has 1 rings (SSSR count). The molecule has 0 bridgehead atoms. The average molecular weight is 251 g/mol. The number of aryl methyl sites for hydroxylation is 1. The highest BCUT2D eigenvalue weighted by atomic mass is 16.6. The molecule has 0 radical (unpaired) electrons. The van der Waals surface area contributed by atoms with Crippen LogP contribution in [0.1, 0.15) is 37.1 Å². The quantitative estimate of drug-likeness (QED) is 0.644. The van der Waals surface area contributed by atoms with Gasteiger partial charge in [-0.1, -0.05) is 13.3 Å². The Morgan fingerprint density at radius 2 is 2.11 bits per heavy atom. The minimum atomic E-state index is -0.331. The van der Waals surface area contributed by atoms with Crippen LogP contribution in [-0.2, 0) is 6.42 Å². The molecule has 0 aliphatic heterocycles. The van der Waals surface area contributed by atoms with Crippen LogP contribution in [0.5, 0.6) is 0 Å². The summed E-state index contributed by atoms with van der Waals surface area (Å²) in [5, 5.41) is 11.0. The summed E-state index contributed by atoms with van der Waals surface area (Å²) in [7, 11) is 0. The predicted molar refractivity (Wildman–Crippen MR) is 71.5 cm³/mol. The van der Waals surface area contributed by atoms with E-state index in [1.807, 2.05) is 6.92 Å². The zero-order chi connectivity index (χ0) is 13.9. The Morgan fingerprint density at radius 1 is 1.50 bits per heavy atom. The van der Waals surface area contributed by atoms with E-state index in [1.54, 1.807) is 20.0 Å². The van der Waals surface area contributed by atoms with Gasteiger partial charge in [-0.25, -0.2) is 0 Å². The highest BCUT2D eigenvalue weighted by molar-refractivity contribution is 5.47. The maximum absolute atomic E-state index is 11.0. The zero-order valence-electron chi connectivity index (χ0n) is 11.4. The molecule has 5 nitrogen and oxygen atoms in total. The van der Waals surface area contributed by atoms with Crippen molar-refractivity contribution < 1.29 is 4.92 Å². The molecule has 0 spiro atoms. The number of hydrogen-bond donors (Lipinski definition) is 1. The van der Waals surface area contributed by atoms with Gasteiger partial charge in [0.2, 0.25) is 0 Å². The van der Waals surface area contributed by atoms with E-state index in [2.05, 4.69) is 11.9 Å². The van der Waals surface area contributed by atoms with Crippen molar-refractivity contribution in [1.29, 1.82) is 0 Å². The third kappa shape index (κ3) is 3.04. The first-order chi connectivity index (χ1) is 8.38. The predicted octanol–water partition coefficient (Wildman–Crippen LogP) is 2.52. The molecule has 0 saturated heterocycles. The van der Waals surface area contributed by atoms with Crippen molar-refractivity contribution in [1.82, 2.24) is 4.98 Å². The van der Waals surface area contributed by atoms with E-state index in [1.165, 1.54) is 0 Å². The van der Waals surface area contributed by atoms with Gasteiger partial charge < -0.3 is 5.73 Å². The molecular weight excluding hydrogens is 230 g/mol. The minimum Gasteiger partial charge on any atom is -0.328 e. The number of rotatable bonds is 5. The number of nitrogens with zero attached hydrogens (tertiary/aromatic N) is 2. The SMILES string of the molecule is CCC(Cc1ncc(C)c([N+](=O)[O-])c1C)C(C)N. The molecule has 0 aromatic carbocycles.